The summed E-state index contributed by atoms with van der Waals surface area (Å²) in [6.45, 7) is 14.1. The summed E-state index contributed by atoms with van der Waals surface area (Å²) in [7, 11) is 5.97. The normalized spacial score (nSPS) is 23.1. The van der Waals surface area contributed by atoms with Crippen LogP contribution in [0.3, 0.4) is 0 Å². The van der Waals surface area contributed by atoms with E-state index in [1.54, 1.807) is 66.7 Å². The average molecular weight is 884 g/mol. The van der Waals surface area contributed by atoms with Gasteiger partial charge in [0.25, 0.3) is 0 Å². The van der Waals surface area contributed by atoms with Gasteiger partial charge in [0.15, 0.2) is 11.5 Å². The predicted molar refractivity (Wildman–Crippen MR) is 242 cm³/mol. The Morgan fingerprint density at radius 2 is 1.20 bits per heavy atom. The molecule has 3 aromatic carbocycles. The second-order valence-corrected chi connectivity index (χ2v) is 17.3. The largest absolute Gasteiger partial charge is 0.497 e. The van der Waals surface area contributed by atoms with E-state index in [9.17, 15) is 28.8 Å². The number of ether oxygens (including phenoxy) is 3. The number of hydrogen-bond donors (Lipinski definition) is 3. The SMILES string of the molecule is COc1ccc(C[C@H]2C(=O)N[C@@H](C)C(=O)N(C)[C@H]3Cc4ccc(cc4)Oc4cc(ccc4OCCN(C(C)C)C(C)C)C[C@@H](C(=O)N[C@@H](C)C(=O)N[C@@H](C)C(=O)N2C)N(C)C3=O)cc1. The molecule has 0 saturated carbocycles. The van der Waals surface area contributed by atoms with E-state index in [4.69, 9.17) is 14.2 Å². The first-order valence-electron chi connectivity index (χ1n) is 21.9. The van der Waals surface area contributed by atoms with E-state index in [1.165, 1.54) is 63.7 Å². The first-order valence-corrected chi connectivity index (χ1v) is 21.9. The van der Waals surface area contributed by atoms with Crippen molar-refractivity contribution in [2.75, 3.05) is 41.4 Å². The fourth-order valence-electron chi connectivity index (χ4n) is 8.16. The fourth-order valence-corrected chi connectivity index (χ4v) is 8.16. The third-order valence-corrected chi connectivity index (χ3v) is 12.1. The number of fused-ring (bicyclic) bond motifs is 2. The van der Waals surface area contributed by atoms with Gasteiger partial charge in [-0.2, -0.15) is 0 Å². The van der Waals surface area contributed by atoms with Crippen molar-refractivity contribution in [3.05, 3.63) is 83.4 Å². The number of nitrogens with one attached hydrogen (secondary N) is 3. The van der Waals surface area contributed by atoms with Crippen LogP contribution in [0.5, 0.6) is 23.0 Å². The van der Waals surface area contributed by atoms with E-state index in [0.29, 0.717) is 64.9 Å². The molecule has 0 unspecified atom stereocenters. The van der Waals surface area contributed by atoms with E-state index in [2.05, 4.69) is 48.5 Å². The lowest BCUT2D eigenvalue weighted by Gasteiger charge is -2.36. The Morgan fingerprint density at radius 3 is 1.81 bits per heavy atom. The number of benzene rings is 3. The Balaban J connectivity index is 1.54. The van der Waals surface area contributed by atoms with E-state index in [0.717, 1.165) is 0 Å². The summed E-state index contributed by atoms with van der Waals surface area (Å²) in [5.74, 6) is -1.56. The number of amides is 6. The van der Waals surface area contributed by atoms with Gasteiger partial charge in [0.05, 0.1) is 7.11 Å². The van der Waals surface area contributed by atoms with E-state index in [1.807, 2.05) is 0 Å². The van der Waals surface area contributed by atoms with Gasteiger partial charge in [0, 0.05) is 59.0 Å². The maximum Gasteiger partial charge on any atom is 0.246 e. The maximum atomic E-state index is 14.9. The second-order valence-electron chi connectivity index (χ2n) is 17.3. The van der Waals surface area contributed by atoms with Gasteiger partial charge in [-0.3, -0.25) is 33.7 Å². The highest BCUT2D eigenvalue weighted by Gasteiger charge is 2.39. The molecule has 0 radical (unpaired) electrons. The number of methoxy groups -OCH3 is 1. The van der Waals surface area contributed by atoms with Crippen LogP contribution >= 0.6 is 0 Å². The summed E-state index contributed by atoms with van der Waals surface area (Å²) < 4.78 is 18.0. The maximum absolute atomic E-state index is 14.9. The second kappa shape index (κ2) is 21.5. The van der Waals surface area contributed by atoms with Crippen LogP contribution in [-0.2, 0) is 48.0 Å². The number of carbonyl (C=O) groups is 6. The van der Waals surface area contributed by atoms with Gasteiger partial charge in [0.1, 0.15) is 54.4 Å². The molecule has 3 N–H and O–H groups in total. The minimum atomic E-state index is -1.18. The molecule has 1 fully saturated rings. The molecular weight excluding hydrogens is 819 g/mol. The molecular formula is C48H65N7O9. The highest BCUT2D eigenvalue weighted by atomic mass is 16.5. The van der Waals surface area contributed by atoms with Gasteiger partial charge in [-0.05, 0) is 102 Å². The van der Waals surface area contributed by atoms with Crippen LogP contribution in [0.15, 0.2) is 66.7 Å². The molecule has 346 valence electrons. The van der Waals surface area contributed by atoms with Crippen LogP contribution in [0.25, 0.3) is 0 Å². The monoisotopic (exact) mass is 883 g/mol. The van der Waals surface area contributed by atoms with Crippen molar-refractivity contribution in [1.29, 1.82) is 0 Å². The van der Waals surface area contributed by atoms with Gasteiger partial charge in [-0.25, -0.2) is 0 Å². The molecule has 6 bridgehead atoms. The zero-order chi connectivity index (χ0) is 47.0. The Labute approximate surface area is 376 Å². The smallest absolute Gasteiger partial charge is 0.246 e. The summed E-state index contributed by atoms with van der Waals surface area (Å²) >= 11 is 0. The van der Waals surface area contributed by atoms with Crippen LogP contribution in [0.1, 0.15) is 65.2 Å². The van der Waals surface area contributed by atoms with Crippen LogP contribution in [-0.4, -0.2) is 145 Å². The molecule has 3 heterocycles. The summed E-state index contributed by atoms with van der Waals surface area (Å²) in [5.41, 5.74) is 2.04. The molecule has 6 rings (SSSR count). The molecule has 0 aromatic heterocycles. The van der Waals surface area contributed by atoms with Crippen molar-refractivity contribution in [3.8, 4) is 23.0 Å². The third-order valence-electron chi connectivity index (χ3n) is 12.1. The fraction of sp³-hybridized carbons (Fsp3) is 0.500. The lowest BCUT2D eigenvalue weighted by molar-refractivity contribution is -0.149. The Morgan fingerprint density at radius 1 is 0.656 bits per heavy atom. The molecule has 6 amide bonds. The first kappa shape index (κ1) is 48.9. The van der Waals surface area contributed by atoms with Crippen LogP contribution < -0.4 is 30.2 Å². The minimum Gasteiger partial charge on any atom is -0.497 e. The topological polar surface area (TPSA) is 179 Å². The average Bonchev–Trinajstić information content (AvgIpc) is 3.26. The summed E-state index contributed by atoms with van der Waals surface area (Å²) in [6, 6.07) is 13.3. The number of carbonyl (C=O) groups excluding carboxylic acids is 6. The molecule has 16 heteroatoms. The van der Waals surface area contributed by atoms with Gasteiger partial charge < -0.3 is 44.9 Å². The third kappa shape index (κ3) is 11.9. The highest BCUT2D eigenvalue weighted by molar-refractivity contribution is 5.98. The van der Waals surface area contributed by atoms with Gasteiger partial charge in [0.2, 0.25) is 35.4 Å². The Hall–Kier alpha value is -6.16. The van der Waals surface area contributed by atoms with Crippen molar-refractivity contribution in [2.45, 2.75) is 116 Å². The zero-order valence-electron chi connectivity index (χ0n) is 39.0. The van der Waals surface area contributed by atoms with Gasteiger partial charge in [-0.15, -0.1) is 0 Å². The number of likely N-dealkylation sites (N-methyl/N-ethyl adjacent to an activating group) is 3. The quantitative estimate of drug-likeness (QED) is 0.289. The van der Waals surface area contributed by atoms with Crippen molar-refractivity contribution < 1.29 is 43.0 Å². The Kier molecular flexibility index (Phi) is 16.4. The number of hydrogen-bond acceptors (Lipinski definition) is 10. The van der Waals surface area contributed by atoms with E-state index < -0.39 is 71.7 Å². The minimum absolute atomic E-state index is 0.00276. The molecule has 0 spiro atoms. The number of nitrogens with zero attached hydrogens (tertiary/aromatic N) is 4. The molecule has 64 heavy (non-hydrogen) atoms. The summed E-state index contributed by atoms with van der Waals surface area (Å²) in [4.78, 5) is 91.5. The van der Waals surface area contributed by atoms with Crippen LogP contribution in [0.2, 0.25) is 0 Å². The predicted octanol–water partition coefficient (Wildman–Crippen LogP) is 3.34. The molecule has 6 atom stereocenters. The molecule has 1 saturated heterocycles. The van der Waals surface area contributed by atoms with E-state index in [-0.39, 0.29) is 19.3 Å². The molecule has 3 aliphatic heterocycles. The first-order chi connectivity index (χ1) is 30.3. The zero-order valence-corrected chi connectivity index (χ0v) is 39.0. The molecule has 3 aliphatic rings. The Bertz CT molecular complexity index is 2140. The lowest BCUT2D eigenvalue weighted by Crippen LogP contribution is -2.61. The molecule has 16 nitrogen and oxygen atoms in total. The summed E-state index contributed by atoms with van der Waals surface area (Å²) in [6.07, 6.45) is 0.120. The molecule has 3 aromatic rings. The van der Waals surface area contributed by atoms with Crippen LogP contribution in [0, 0.1) is 0 Å². The van der Waals surface area contributed by atoms with Crippen LogP contribution in [0.4, 0.5) is 0 Å². The van der Waals surface area contributed by atoms with E-state index >= 15 is 0 Å². The van der Waals surface area contributed by atoms with Crippen molar-refractivity contribution >= 4 is 35.4 Å². The standard InChI is InChI=1S/C48H65N7O9/c1-28(2)55(29(3)4)22-23-63-41-21-16-35-26-39-44(57)49-30(5)43(56)50-31(6)46(59)52(8)38(24-33-12-17-36(62-11)18-13-33)45(58)51-32(7)47(60)54(10)40(48(61)53(39)9)25-34-14-19-37(20-15-34)64-42(41)27-35/h12-21,27-32,38-40H,22-26H2,1-11H3,(H,49,57)(H,50,56)(H,51,58)/t30-,31-,32-,38-,39-,40-/m0/s1. The lowest BCUT2D eigenvalue weighted by atomic mass is 9.98. The van der Waals surface area contributed by atoms with Crippen molar-refractivity contribution in [1.82, 2.24) is 35.6 Å². The van der Waals surface area contributed by atoms with Crippen molar-refractivity contribution in [3.63, 3.8) is 0 Å². The van der Waals surface area contributed by atoms with Gasteiger partial charge in [-0.1, -0.05) is 30.3 Å². The summed E-state index contributed by atoms with van der Waals surface area (Å²) in [5, 5.41) is 8.23. The van der Waals surface area contributed by atoms with Gasteiger partial charge >= 0.3 is 0 Å². The molecule has 0 aliphatic carbocycles. The highest BCUT2D eigenvalue weighted by Crippen LogP contribution is 2.34. The number of rotatable bonds is 9. The van der Waals surface area contributed by atoms with Crippen molar-refractivity contribution in [2.24, 2.45) is 0 Å².